The maximum atomic E-state index is 5.91. The molecule has 0 amide bonds. The van der Waals surface area contributed by atoms with Crippen LogP contribution in [0.4, 0.5) is 0 Å². The van der Waals surface area contributed by atoms with Crippen LogP contribution in [0.2, 0.25) is 0 Å². The Morgan fingerprint density at radius 2 is 1.54 bits per heavy atom. The predicted molar refractivity (Wildman–Crippen MR) is 118 cm³/mol. The average Bonchev–Trinajstić information content (AvgIpc) is 2.69. The summed E-state index contributed by atoms with van der Waals surface area (Å²) in [6.45, 7) is 3.15. The van der Waals surface area contributed by atoms with Crippen molar-refractivity contribution >= 4 is 12.6 Å². The second-order valence-corrected chi connectivity index (χ2v) is 8.57. The van der Waals surface area contributed by atoms with Gasteiger partial charge in [0.1, 0.15) is 5.75 Å². The van der Waals surface area contributed by atoms with E-state index in [2.05, 4.69) is 43.8 Å². The molecule has 1 saturated carbocycles. The molecule has 0 spiro atoms. The molecule has 0 N–H and O–H groups in total. The van der Waals surface area contributed by atoms with Crippen molar-refractivity contribution in [1.82, 2.24) is 0 Å². The van der Waals surface area contributed by atoms with E-state index in [1.807, 2.05) is 0 Å². The summed E-state index contributed by atoms with van der Waals surface area (Å²) in [6, 6.07) is 8.99. The zero-order valence-corrected chi connectivity index (χ0v) is 17.8. The third-order valence-electron chi connectivity index (χ3n) is 5.99. The van der Waals surface area contributed by atoms with E-state index >= 15 is 0 Å². The van der Waals surface area contributed by atoms with Crippen LogP contribution in [0.5, 0.6) is 5.75 Å². The fraction of sp³-hybridized carbons (Fsp3) is 0.750. The Hall–Kier alpha value is -0.630. The van der Waals surface area contributed by atoms with Crippen molar-refractivity contribution in [2.45, 2.75) is 96.3 Å². The molecule has 1 nitrogen and oxygen atoms in total. The highest BCUT2D eigenvalue weighted by Gasteiger charge is 2.21. The van der Waals surface area contributed by atoms with Gasteiger partial charge >= 0.3 is 0 Å². The van der Waals surface area contributed by atoms with Gasteiger partial charge in [0.25, 0.3) is 0 Å². The van der Waals surface area contributed by atoms with Crippen LogP contribution in [0.1, 0.15) is 102 Å². The summed E-state index contributed by atoms with van der Waals surface area (Å²) in [5.74, 6) is 3.83. The molecule has 0 aliphatic heterocycles. The van der Waals surface area contributed by atoms with E-state index < -0.39 is 0 Å². The first-order chi connectivity index (χ1) is 12.8. The van der Waals surface area contributed by atoms with Gasteiger partial charge in [0.2, 0.25) is 0 Å². The van der Waals surface area contributed by atoms with Crippen molar-refractivity contribution in [3.05, 3.63) is 29.8 Å². The third-order valence-corrected chi connectivity index (χ3v) is 6.30. The first-order valence-electron chi connectivity index (χ1n) is 11.2. The summed E-state index contributed by atoms with van der Waals surface area (Å²) in [5.41, 5.74) is 1.52. The highest BCUT2D eigenvalue weighted by atomic mass is 32.1. The molecule has 0 bridgehead atoms. The van der Waals surface area contributed by atoms with Crippen molar-refractivity contribution in [2.75, 3.05) is 12.4 Å². The standard InChI is InChI=1S/C24H40OS/c1-2-3-7-10-21-11-13-22(14-12-21)23-15-17-24(18-16-23)25-19-8-5-4-6-9-20-26/h15-18,21-22,26H,2-14,19-20H2,1H3. The van der Waals surface area contributed by atoms with Gasteiger partial charge in [-0.05, 0) is 73.8 Å². The highest BCUT2D eigenvalue weighted by Crippen LogP contribution is 2.38. The molecule has 0 unspecified atom stereocenters. The lowest BCUT2D eigenvalue weighted by molar-refractivity contribution is 0.299. The largest absolute Gasteiger partial charge is 0.494 e. The lowest BCUT2D eigenvalue weighted by atomic mass is 9.77. The number of benzene rings is 1. The first kappa shape index (κ1) is 21.7. The second-order valence-electron chi connectivity index (χ2n) is 8.12. The minimum atomic E-state index is 0.776. The van der Waals surface area contributed by atoms with Gasteiger partial charge in [-0.3, -0.25) is 0 Å². The molecule has 1 aromatic rings. The molecule has 0 aromatic heterocycles. The third kappa shape index (κ3) is 8.37. The minimum absolute atomic E-state index is 0.776. The molecule has 1 aliphatic carbocycles. The Labute approximate surface area is 167 Å². The first-order valence-corrected chi connectivity index (χ1v) is 11.8. The molecule has 148 valence electrons. The Balaban J connectivity index is 1.61. The fourth-order valence-electron chi connectivity index (χ4n) is 4.24. The molecule has 0 saturated heterocycles. The molecule has 1 aliphatic rings. The van der Waals surface area contributed by atoms with Crippen molar-refractivity contribution in [1.29, 1.82) is 0 Å². The normalized spacial score (nSPS) is 20.2. The topological polar surface area (TPSA) is 9.23 Å². The quantitative estimate of drug-likeness (QED) is 0.273. The SMILES string of the molecule is CCCCCC1CCC(c2ccc(OCCCCCCCS)cc2)CC1. The summed E-state index contributed by atoms with van der Waals surface area (Å²) >= 11 is 4.25. The number of unbranched alkanes of at least 4 members (excludes halogenated alkanes) is 6. The summed E-state index contributed by atoms with van der Waals surface area (Å²) < 4.78 is 5.91. The van der Waals surface area contributed by atoms with Gasteiger partial charge in [-0.2, -0.15) is 12.6 Å². The van der Waals surface area contributed by atoms with Gasteiger partial charge in [0, 0.05) is 0 Å². The molecule has 0 atom stereocenters. The zero-order valence-electron chi connectivity index (χ0n) is 16.9. The number of ether oxygens (including phenoxy) is 1. The predicted octanol–water partition coefficient (Wildman–Crippen LogP) is 7.80. The molecule has 26 heavy (non-hydrogen) atoms. The van der Waals surface area contributed by atoms with Gasteiger partial charge in [0.15, 0.2) is 0 Å². The average molecular weight is 377 g/mol. The minimum Gasteiger partial charge on any atom is -0.494 e. The van der Waals surface area contributed by atoms with E-state index in [1.54, 1.807) is 0 Å². The van der Waals surface area contributed by atoms with Crippen LogP contribution in [0, 0.1) is 5.92 Å². The van der Waals surface area contributed by atoms with Crippen LogP contribution in [-0.2, 0) is 0 Å². The molecule has 2 rings (SSSR count). The number of hydrogen-bond donors (Lipinski definition) is 1. The van der Waals surface area contributed by atoms with Crippen LogP contribution >= 0.6 is 12.6 Å². The Kier molecular flexibility index (Phi) is 11.3. The van der Waals surface area contributed by atoms with Crippen molar-refractivity contribution in [2.24, 2.45) is 5.92 Å². The lowest BCUT2D eigenvalue weighted by Crippen LogP contribution is -2.13. The zero-order chi connectivity index (χ0) is 18.5. The highest BCUT2D eigenvalue weighted by molar-refractivity contribution is 7.80. The van der Waals surface area contributed by atoms with Crippen LogP contribution < -0.4 is 4.74 Å². The van der Waals surface area contributed by atoms with E-state index in [9.17, 15) is 0 Å². The molecule has 0 heterocycles. The van der Waals surface area contributed by atoms with Crippen LogP contribution in [-0.4, -0.2) is 12.4 Å². The van der Waals surface area contributed by atoms with E-state index in [1.165, 1.54) is 82.6 Å². The van der Waals surface area contributed by atoms with Crippen LogP contribution in [0.25, 0.3) is 0 Å². The van der Waals surface area contributed by atoms with Gasteiger partial charge in [-0.25, -0.2) is 0 Å². The van der Waals surface area contributed by atoms with Crippen molar-refractivity contribution in [3.63, 3.8) is 0 Å². The van der Waals surface area contributed by atoms with Gasteiger partial charge in [-0.15, -0.1) is 0 Å². The maximum absolute atomic E-state index is 5.91. The molecule has 1 aromatic carbocycles. The van der Waals surface area contributed by atoms with E-state index in [4.69, 9.17) is 4.74 Å². The van der Waals surface area contributed by atoms with Gasteiger partial charge in [-0.1, -0.05) is 64.0 Å². The van der Waals surface area contributed by atoms with Crippen LogP contribution in [0.3, 0.4) is 0 Å². The second kappa shape index (κ2) is 13.5. The van der Waals surface area contributed by atoms with Crippen LogP contribution in [0.15, 0.2) is 24.3 Å². The van der Waals surface area contributed by atoms with Crippen molar-refractivity contribution < 1.29 is 4.74 Å². The monoisotopic (exact) mass is 376 g/mol. The molecule has 1 fully saturated rings. The molecule has 0 radical (unpaired) electrons. The smallest absolute Gasteiger partial charge is 0.119 e. The molecular weight excluding hydrogens is 336 g/mol. The van der Waals surface area contributed by atoms with E-state index in [0.29, 0.717) is 0 Å². The Morgan fingerprint density at radius 1 is 0.846 bits per heavy atom. The maximum Gasteiger partial charge on any atom is 0.119 e. The number of rotatable bonds is 13. The lowest BCUT2D eigenvalue weighted by Gasteiger charge is -2.29. The summed E-state index contributed by atoms with van der Waals surface area (Å²) in [4.78, 5) is 0. The molecule has 2 heteroatoms. The fourth-order valence-corrected chi connectivity index (χ4v) is 4.46. The number of thiol groups is 1. The summed E-state index contributed by atoms with van der Waals surface area (Å²) in [5, 5.41) is 0. The summed E-state index contributed by atoms with van der Waals surface area (Å²) in [6.07, 6.45) is 17.6. The van der Waals surface area contributed by atoms with Gasteiger partial charge < -0.3 is 4.74 Å². The molecular formula is C24H40OS. The van der Waals surface area contributed by atoms with Gasteiger partial charge in [0.05, 0.1) is 6.61 Å². The van der Waals surface area contributed by atoms with Crippen molar-refractivity contribution in [3.8, 4) is 5.75 Å². The Bertz CT molecular complexity index is 448. The summed E-state index contributed by atoms with van der Waals surface area (Å²) in [7, 11) is 0. The van der Waals surface area contributed by atoms with E-state index in [0.717, 1.165) is 36.4 Å². The van der Waals surface area contributed by atoms with E-state index in [-0.39, 0.29) is 0 Å². The number of hydrogen-bond acceptors (Lipinski definition) is 2. The Morgan fingerprint density at radius 3 is 2.23 bits per heavy atom.